The molecule has 2 aromatic carbocycles. The van der Waals surface area contributed by atoms with Crippen LogP contribution in [-0.4, -0.2) is 43.2 Å². The molecule has 1 fully saturated rings. The summed E-state index contributed by atoms with van der Waals surface area (Å²) in [6.45, 7) is 1.70. The predicted molar refractivity (Wildman–Crippen MR) is 124 cm³/mol. The molecule has 0 bridgehead atoms. The molecule has 2 amide bonds. The van der Waals surface area contributed by atoms with E-state index in [9.17, 15) is 24.5 Å². The third-order valence-electron chi connectivity index (χ3n) is 4.43. The Morgan fingerprint density at radius 3 is 2.61 bits per heavy atom. The van der Waals surface area contributed by atoms with E-state index in [1.165, 1.54) is 18.2 Å². The van der Waals surface area contributed by atoms with Crippen molar-refractivity contribution in [1.82, 2.24) is 10.4 Å². The van der Waals surface area contributed by atoms with E-state index in [0.717, 1.165) is 22.8 Å². The van der Waals surface area contributed by atoms with Gasteiger partial charge in [0.25, 0.3) is 17.5 Å². The van der Waals surface area contributed by atoms with Crippen LogP contribution in [0, 0.1) is 10.1 Å². The van der Waals surface area contributed by atoms with E-state index >= 15 is 0 Å². The first-order valence-electron chi connectivity index (χ1n) is 9.52. The number of carbonyl (C=O) groups excluding carboxylic acids is 2. The first-order valence-corrected chi connectivity index (χ1v) is 10.7. The molecule has 1 atom stereocenters. The summed E-state index contributed by atoms with van der Waals surface area (Å²) in [7, 11) is 0. The van der Waals surface area contributed by atoms with E-state index in [0.29, 0.717) is 17.7 Å². The van der Waals surface area contributed by atoms with Crippen molar-refractivity contribution in [2.45, 2.75) is 19.4 Å². The second-order valence-electron chi connectivity index (χ2n) is 6.69. The summed E-state index contributed by atoms with van der Waals surface area (Å²) in [6.07, 6.45) is 0.917. The minimum Gasteiger partial charge on any atom is -0.479 e. The number of carbonyl (C=O) groups is 3. The molecule has 0 saturated carbocycles. The molecule has 10 nitrogen and oxygen atoms in total. The number of nitrogens with one attached hydrogen (secondary N) is 1. The van der Waals surface area contributed by atoms with Crippen LogP contribution in [0.2, 0.25) is 0 Å². The Morgan fingerprint density at radius 1 is 1.30 bits per heavy atom. The molecule has 1 heterocycles. The van der Waals surface area contributed by atoms with Crippen LogP contribution in [0.4, 0.5) is 5.69 Å². The molecule has 0 spiro atoms. The number of amides is 2. The molecule has 0 aromatic heterocycles. The van der Waals surface area contributed by atoms with Gasteiger partial charge in [0, 0.05) is 17.7 Å². The van der Waals surface area contributed by atoms with E-state index in [4.69, 9.17) is 22.1 Å². The highest BCUT2D eigenvalue weighted by molar-refractivity contribution is 8.26. The number of ether oxygens (including phenoxy) is 1. The molecule has 12 heteroatoms. The molecule has 3 rings (SSSR count). The van der Waals surface area contributed by atoms with Crippen molar-refractivity contribution in [3.8, 4) is 5.75 Å². The Labute approximate surface area is 197 Å². The van der Waals surface area contributed by atoms with Crippen molar-refractivity contribution in [3.05, 3.63) is 74.7 Å². The Morgan fingerprint density at radius 2 is 2.00 bits per heavy atom. The van der Waals surface area contributed by atoms with Crippen LogP contribution in [0.3, 0.4) is 0 Å². The number of hydrazine groups is 1. The third-order valence-corrected chi connectivity index (χ3v) is 5.73. The number of carboxylic acids is 1. The lowest BCUT2D eigenvalue weighted by molar-refractivity contribution is -0.384. The van der Waals surface area contributed by atoms with Crippen molar-refractivity contribution in [1.29, 1.82) is 0 Å². The molecule has 0 aliphatic carbocycles. The summed E-state index contributed by atoms with van der Waals surface area (Å²) in [5.74, 6) is -1.96. The Hall–Kier alpha value is -3.77. The standard InChI is InChI=1S/C21H17N3O7S2/c1-2-16(20(27)28)31-15-8-6-12(7-9-15)10-17-19(26)23(21(32)33-17)22-18(25)13-4-3-5-14(11-13)24(29)30/h3-11,16H,2H2,1H3,(H,22,25)(H,27,28)/b17-10+. The highest BCUT2D eigenvalue weighted by Gasteiger charge is 2.34. The molecule has 0 radical (unpaired) electrons. The van der Waals surface area contributed by atoms with Crippen LogP contribution in [0.15, 0.2) is 53.4 Å². The van der Waals surface area contributed by atoms with Gasteiger partial charge in [-0.15, -0.1) is 0 Å². The summed E-state index contributed by atoms with van der Waals surface area (Å²) < 4.78 is 5.50. The number of aliphatic carboxylic acids is 1. The largest absolute Gasteiger partial charge is 0.479 e. The van der Waals surface area contributed by atoms with Crippen molar-refractivity contribution in [2.75, 3.05) is 0 Å². The van der Waals surface area contributed by atoms with E-state index < -0.39 is 28.8 Å². The number of benzene rings is 2. The van der Waals surface area contributed by atoms with Crippen LogP contribution >= 0.6 is 24.0 Å². The smallest absolute Gasteiger partial charge is 0.344 e. The zero-order valence-electron chi connectivity index (χ0n) is 17.1. The third kappa shape index (κ3) is 5.73. The first kappa shape index (κ1) is 23.9. The Bertz CT molecular complexity index is 1160. The van der Waals surface area contributed by atoms with Crippen LogP contribution in [0.5, 0.6) is 5.75 Å². The van der Waals surface area contributed by atoms with E-state index in [1.54, 1.807) is 37.3 Å². The van der Waals surface area contributed by atoms with Gasteiger partial charge in [-0.25, -0.2) is 4.79 Å². The van der Waals surface area contributed by atoms with Gasteiger partial charge in [-0.05, 0) is 48.5 Å². The van der Waals surface area contributed by atoms with Gasteiger partial charge < -0.3 is 9.84 Å². The van der Waals surface area contributed by atoms with Gasteiger partial charge >= 0.3 is 5.97 Å². The van der Waals surface area contributed by atoms with Gasteiger partial charge in [0.15, 0.2) is 10.4 Å². The van der Waals surface area contributed by atoms with E-state index in [2.05, 4.69) is 5.43 Å². The van der Waals surface area contributed by atoms with Crippen molar-refractivity contribution >= 4 is 57.8 Å². The maximum Gasteiger partial charge on any atom is 0.344 e. The number of hydrogen-bond donors (Lipinski definition) is 2. The maximum absolute atomic E-state index is 12.7. The molecule has 1 aliphatic rings. The average Bonchev–Trinajstić information content (AvgIpc) is 3.05. The first-order chi connectivity index (χ1) is 15.7. The number of nitrogens with zero attached hydrogens (tertiary/aromatic N) is 2. The zero-order chi connectivity index (χ0) is 24.1. The van der Waals surface area contributed by atoms with Gasteiger partial charge in [0.2, 0.25) is 0 Å². The second-order valence-corrected chi connectivity index (χ2v) is 8.36. The molecular formula is C21H17N3O7S2. The fourth-order valence-electron chi connectivity index (χ4n) is 2.76. The lowest BCUT2D eigenvalue weighted by atomic mass is 10.2. The van der Waals surface area contributed by atoms with Gasteiger partial charge in [0.1, 0.15) is 5.75 Å². The fourth-order valence-corrected chi connectivity index (χ4v) is 3.94. The predicted octanol–water partition coefficient (Wildman–Crippen LogP) is 3.38. The Kier molecular flexibility index (Phi) is 7.41. The number of carboxylic acid groups (broad SMARTS) is 1. The summed E-state index contributed by atoms with van der Waals surface area (Å²) in [5, 5.41) is 20.9. The number of non-ortho nitro benzene ring substituents is 1. The van der Waals surface area contributed by atoms with E-state index in [1.807, 2.05) is 0 Å². The van der Waals surface area contributed by atoms with Crippen LogP contribution in [0.1, 0.15) is 29.3 Å². The van der Waals surface area contributed by atoms with Gasteiger partial charge in [-0.2, -0.15) is 5.01 Å². The van der Waals surface area contributed by atoms with Gasteiger partial charge in [-0.3, -0.25) is 25.1 Å². The summed E-state index contributed by atoms with van der Waals surface area (Å²) in [4.78, 5) is 46.8. The number of hydrogen-bond acceptors (Lipinski definition) is 8. The summed E-state index contributed by atoms with van der Waals surface area (Å²) in [5.41, 5.74) is 2.75. The fraction of sp³-hybridized carbons (Fsp3) is 0.143. The molecule has 2 N–H and O–H groups in total. The molecule has 1 unspecified atom stereocenters. The molecule has 2 aromatic rings. The number of nitro benzene ring substituents is 1. The highest BCUT2D eigenvalue weighted by Crippen LogP contribution is 2.32. The minimum atomic E-state index is -1.06. The monoisotopic (exact) mass is 487 g/mol. The quantitative estimate of drug-likeness (QED) is 0.248. The van der Waals surface area contributed by atoms with E-state index in [-0.39, 0.29) is 20.5 Å². The highest BCUT2D eigenvalue weighted by atomic mass is 32.2. The van der Waals surface area contributed by atoms with Crippen molar-refractivity contribution in [2.24, 2.45) is 0 Å². The maximum atomic E-state index is 12.7. The second kappa shape index (κ2) is 10.2. The van der Waals surface area contributed by atoms with Crippen LogP contribution < -0.4 is 10.2 Å². The normalized spacial score (nSPS) is 15.4. The summed E-state index contributed by atoms with van der Waals surface area (Å²) in [6, 6.07) is 11.6. The molecule has 170 valence electrons. The zero-order valence-corrected chi connectivity index (χ0v) is 18.7. The van der Waals surface area contributed by atoms with Crippen molar-refractivity contribution in [3.63, 3.8) is 0 Å². The van der Waals surface area contributed by atoms with Gasteiger partial charge in [0.05, 0.1) is 9.83 Å². The number of thioether (sulfide) groups is 1. The van der Waals surface area contributed by atoms with Crippen LogP contribution in [0.25, 0.3) is 6.08 Å². The number of rotatable bonds is 8. The van der Waals surface area contributed by atoms with Crippen LogP contribution in [-0.2, 0) is 9.59 Å². The lowest BCUT2D eigenvalue weighted by Gasteiger charge is -2.15. The number of nitro groups is 1. The van der Waals surface area contributed by atoms with Gasteiger partial charge in [-0.1, -0.05) is 36.9 Å². The molecular weight excluding hydrogens is 470 g/mol. The molecule has 33 heavy (non-hydrogen) atoms. The average molecular weight is 488 g/mol. The minimum absolute atomic E-state index is 0.00422. The SMILES string of the molecule is CCC(Oc1ccc(/C=C2/SC(=S)N(NC(=O)c3cccc([N+](=O)[O-])c3)C2=O)cc1)C(=O)O. The van der Waals surface area contributed by atoms with Crippen molar-refractivity contribution < 1.29 is 29.2 Å². The lowest BCUT2D eigenvalue weighted by Crippen LogP contribution is -2.44. The number of thiocarbonyl (C=S) groups is 1. The topological polar surface area (TPSA) is 139 Å². The molecule has 1 aliphatic heterocycles. The summed E-state index contributed by atoms with van der Waals surface area (Å²) >= 11 is 6.16. The Balaban J connectivity index is 1.70. The molecule has 1 saturated heterocycles.